The molecule has 2 nitrogen and oxygen atoms in total. The molecule has 0 unspecified atom stereocenters. The number of benzene rings is 2. The van der Waals surface area contributed by atoms with E-state index in [1.54, 1.807) is 0 Å². The molecule has 2 rings (SSSR count). The lowest BCUT2D eigenvalue weighted by Gasteiger charge is -2.19. The standard InChI is InChI=1S/C17H18F2N2S/c1-10-4-6-14(11(2)8-10)12(3)20-17(22)21-13-5-7-15(18)16(19)9-13/h4-9,12H,1-3H3,(H2,20,21,22)/t12-/m1/s1. The first-order valence-corrected chi connectivity index (χ1v) is 7.37. The molecule has 0 aliphatic rings. The Labute approximate surface area is 134 Å². The SMILES string of the molecule is Cc1ccc([C@@H](C)NC(=S)Nc2ccc(F)c(F)c2)c(C)c1. The molecule has 0 fully saturated rings. The van der Waals surface area contributed by atoms with Crippen molar-refractivity contribution in [3.63, 3.8) is 0 Å². The number of halogens is 2. The van der Waals surface area contributed by atoms with Crippen LogP contribution in [0.4, 0.5) is 14.5 Å². The highest BCUT2D eigenvalue weighted by atomic mass is 32.1. The van der Waals surface area contributed by atoms with Crippen LogP contribution in [0.3, 0.4) is 0 Å². The summed E-state index contributed by atoms with van der Waals surface area (Å²) in [5.74, 6) is -1.79. The largest absolute Gasteiger partial charge is 0.356 e. The molecular formula is C17H18F2N2S. The Morgan fingerprint density at radius 1 is 1.05 bits per heavy atom. The summed E-state index contributed by atoms with van der Waals surface area (Å²) in [6, 6.07) is 9.80. The maximum absolute atomic E-state index is 13.2. The van der Waals surface area contributed by atoms with Gasteiger partial charge in [0.25, 0.3) is 0 Å². The van der Waals surface area contributed by atoms with Gasteiger partial charge >= 0.3 is 0 Å². The summed E-state index contributed by atoms with van der Waals surface area (Å²) >= 11 is 5.22. The zero-order valence-corrected chi connectivity index (χ0v) is 13.5. The van der Waals surface area contributed by atoms with Gasteiger partial charge in [-0.3, -0.25) is 0 Å². The quantitative estimate of drug-likeness (QED) is 0.806. The lowest BCUT2D eigenvalue weighted by molar-refractivity contribution is 0.509. The molecule has 0 bridgehead atoms. The highest BCUT2D eigenvalue weighted by Crippen LogP contribution is 2.19. The van der Waals surface area contributed by atoms with E-state index in [1.165, 1.54) is 17.2 Å². The van der Waals surface area contributed by atoms with Crippen molar-refractivity contribution in [1.29, 1.82) is 0 Å². The molecule has 0 amide bonds. The van der Waals surface area contributed by atoms with Crippen molar-refractivity contribution in [3.8, 4) is 0 Å². The van der Waals surface area contributed by atoms with Crippen LogP contribution in [0.15, 0.2) is 36.4 Å². The van der Waals surface area contributed by atoms with Gasteiger partial charge in [-0.2, -0.15) is 0 Å². The zero-order valence-electron chi connectivity index (χ0n) is 12.7. The Kier molecular flexibility index (Phi) is 5.08. The van der Waals surface area contributed by atoms with Crippen LogP contribution in [0.2, 0.25) is 0 Å². The molecule has 0 saturated heterocycles. The van der Waals surface area contributed by atoms with Crippen molar-refractivity contribution >= 4 is 23.0 Å². The third kappa shape index (κ3) is 4.01. The Morgan fingerprint density at radius 2 is 1.77 bits per heavy atom. The summed E-state index contributed by atoms with van der Waals surface area (Å²) in [5, 5.41) is 6.36. The molecule has 116 valence electrons. The second kappa shape index (κ2) is 6.83. The average Bonchev–Trinajstić information content (AvgIpc) is 2.42. The number of aryl methyl sites for hydroxylation is 2. The summed E-state index contributed by atoms with van der Waals surface area (Å²) < 4.78 is 26.1. The molecule has 0 spiro atoms. The maximum Gasteiger partial charge on any atom is 0.171 e. The Balaban J connectivity index is 2.03. The Hall–Kier alpha value is -2.01. The molecule has 22 heavy (non-hydrogen) atoms. The van der Waals surface area contributed by atoms with Crippen LogP contribution in [-0.4, -0.2) is 5.11 Å². The number of nitrogens with one attached hydrogen (secondary N) is 2. The van der Waals surface area contributed by atoms with Crippen molar-refractivity contribution in [2.24, 2.45) is 0 Å². The third-order valence-electron chi connectivity index (χ3n) is 3.42. The fourth-order valence-corrected chi connectivity index (χ4v) is 2.62. The normalized spacial score (nSPS) is 11.9. The van der Waals surface area contributed by atoms with Crippen molar-refractivity contribution in [3.05, 3.63) is 64.7 Å². The summed E-state index contributed by atoms with van der Waals surface area (Å²) in [4.78, 5) is 0. The van der Waals surface area contributed by atoms with E-state index < -0.39 is 11.6 Å². The van der Waals surface area contributed by atoms with Crippen molar-refractivity contribution < 1.29 is 8.78 Å². The first kappa shape index (κ1) is 16.4. The molecule has 2 N–H and O–H groups in total. The van der Waals surface area contributed by atoms with E-state index in [1.807, 2.05) is 26.8 Å². The van der Waals surface area contributed by atoms with Crippen LogP contribution < -0.4 is 10.6 Å². The number of hydrogen-bond donors (Lipinski definition) is 2. The minimum Gasteiger partial charge on any atom is -0.356 e. The van der Waals surface area contributed by atoms with Crippen LogP contribution >= 0.6 is 12.2 Å². The molecule has 5 heteroatoms. The first-order chi connectivity index (χ1) is 10.4. The van der Waals surface area contributed by atoms with Crippen LogP contribution in [0.5, 0.6) is 0 Å². The van der Waals surface area contributed by atoms with E-state index in [0.717, 1.165) is 17.7 Å². The highest BCUT2D eigenvalue weighted by molar-refractivity contribution is 7.80. The minimum absolute atomic E-state index is 0.00546. The van der Waals surface area contributed by atoms with Crippen molar-refractivity contribution in [2.45, 2.75) is 26.8 Å². The van der Waals surface area contributed by atoms with Gasteiger partial charge in [0, 0.05) is 11.8 Å². The van der Waals surface area contributed by atoms with Crippen LogP contribution in [0.1, 0.15) is 29.7 Å². The highest BCUT2D eigenvalue weighted by Gasteiger charge is 2.10. The monoisotopic (exact) mass is 320 g/mol. The molecule has 1 atom stereocenters. The number of hydrogen-bond acceptors (Lipinski definition) is 1. The van der Waals surface area contributed by atoms with E-state index >= 15 is 0 Å². The molecule has 0 radical (unpaired) electrons. The summed E-state index contributed by atoms with van der Waals surface area (Å²) in [7, 11) is 0. The fraction of sp³-hybridized carbons (Fsp3) is 0.235. The van der Waals surface area contributed by atoms with Crippen LogP contribution in [0, 0.1) is 25.5 Å². The molecule has 0 aliphatic carbocycles. The molecule has 0 aliphatic heterocycles. The number of anilines is 1. The topological polar surface area (TPSA) is 24.1 Å². The molecule has 0 saturated carbocycles. The smallest absolute Gasteiger partial charge is 0.171 e. The molecule has 2 aromatic rings. The minimum atomic E-state index is -0.907. The molecule has 0 aromatic heterocycles. The second-order valence-electron chi connectivity index (χ2n) is 5.31. The fourth-order valence-electron chi connectivity index (χ4n) is 2.33. The molecule has 2 aromatic carbocycles. The zero-order chi connectivity index (χ0) is 16.3. The lowest BCUT2D eigenvalue weighted by Crippen LogP contribution is -2.31. The molecule has 0 heterocycles. The predicted molar refractivity (Wildman–Crippen MR) is 90.0 cm³/mol. The van der Waals surface area contributed by atoms with Crippen molar-refractivity contribution in [1.82, 2.24) is 5.32 Å². The van der Waals surface area contributed by atoms with E-state index in [0.29, 0.717) is 10.8 Å². The van der Waals surface area contributed by atoms with E-state index in [4.69, 9.17) is 12.2 Å². The van der Waals surface area contributed by atoms with Crippen LogP contribution in [-0.2, 0) is 0 Å². The lowest BCUT2D eigenvalue weighted by atomic mass is 10.0. The molecular weight excluding hydrogens is 302 g/mol. The van der Waals surface area contributed by atoms with E-state index in [2.05, 4.69) is 22.8 Å². The Bertz CT molecular complexity index is 701. The first-order valence-electron chi connectivity index (χ1n) is 6.96. The second-order valence-corrected chi connectivity index (χ2v) is 5.72. The number of rotatable bonds is 3. The van der Waals surface area contributed by atoms with Gasteiger partial charge < -0.3 is 10.6 Å². The third-order valence-corrected chi connectivity index (χ3v) is 3.64. The van der Waals surface area contributed by atoms with E-state index in [-0.39, 0.29) is 6.04 Å². The van der Waals surface area contributed by atoms with Gasteiger partial charge in [-0.25, -0.2) is 8.78 Å². The maximum atomic E-state index is 13.2. The Morgan fingerprint density at radius 3 is 2.41 bits per heavy atom. The van der Waals surface area contributed by atoms with Gasteiger partial charge in [0.05, 0.1) is 6.04 Å². The summed E-state index contributed by atoms with van der Waals surface area (Å²) in [5.41, 5.74) is 3.93. The van der Waals surface area contributed by atoms with E-state index in [9.17, 15) is 8.78 Å². The van der Waals surface area contributed by atoms with Gasteiger partial charge in [-0.05, 0) is 56.2 Å². The predicted octanol–water partition coefficient (Wildman–Crippen LogP) is 4.63. The van der Waals surface area contributed by atoms with Gasteiger partial charge in [0.1, 0.15) is 0 Å². The van der Waals surface area contributed by atoms with Crippen LogP contribution in [0.25, 0.3) is 0 Å². The van der Waals surface area contributed by atoms with Gasteiger partial charge in [-0.15, -0.1) is 0 Å². The van der Waals surface area contributed by atoms with Gasteiger partial charge in [0.2, 0.25) is 0 Å². The van der Waals surface area contributed by atoms with Gasteiger partial charge in [-0.1, -0.05) is 23.8 Å². The summed E-state index contributed by atoms with van der Waals surface area (Å²) in [6.07, 6.45) is 0. The van der Waals surface area contributed by atoms with Crippen molar-refractivity contribution in [2.75, 3.05) is 5.32 Å². The van der Waals surface area contributed by atoms with Gasteiger partial charge in [0.15, 0.2) is 16.7 Å². The summed E-state index contributed by atoms with van der Waals surface area (Å²) in [6.45, 7) is 6.09. The average molecular weight is 320 g/mol. The number of thiocarbonyl (C=S) groups is 1.